The molecule has 8 nitrogen and oxygen atoms in total. The average molecular weight is 484 g/mol. The molecule has 3 aromatic rings. The predicted octanol–water partition coefficient (Wildman–Crippen LogP) is 3.19. The van der Waals surface area contributed by atoms with Crippen molar-refractivity contribution in [3.63, 3.8) is 0 Å². The quantitative estimate of drug-likeness (QED) is 0.555. The van der Waals surface area contributed by atoms with E-state index in [4.69, 9.17) is 9.47 Å². The zero-order valence-electron chi connectivity index (χ0n) is 19.5. The Balaban J connectivity index is 1.41. The first-order chi connectivity index (χ1) is 16.3. The number of amides is 1. The lowest BCUT2D eigenvalue weighted by molar-refractivity contribution is -0.121. The summed E-state index contributed by atoms with van der Waals surface area (Å²) in [6.45, 7) is 3.34. The van der Waals surface area contributed by atoms with E-state index in [9.17, 15) is 13.2 Å². The van der Waals surface area contributed by atoms with Crippen molar-refractivity contribution in [2.75, 3.05) is 45.7 Å². The number of rotatable bonds is 7. The van der Waals surface area contributed by atoms with Gasteiger partial charge in [0.2, 0.25) is 15.9 Å². The minimum absolute atomic E-state index is 0.118. The van der Waals surface area contributed by atoms with Crippen LogP contribution >= 0.6 is 0 Å². The maximum Gasteiger partial charge on any atom is 0.243 e. The molecule has 0 spiro atoms. The molecule has 34 heavy (non-hydrogen) atoms. The maximum atomic E-state index is 13.2. The number of ether oxygens (including phenoxy) is 2. The number of hydrogen-bond acceptors (Lipinski definition) is 6. The van der Waals surface area contributed by atoms with Crippen LogP contribution in [-0.2, 0) is 14.8 Å². The van der Waals surface area contributed by atoms with E-state index in [2.05, 4.69) is 5.32 Å². The number of benzene rings is 3. The number of sulfonamides is 1. The lowest BCUT2D eigenvalue weighted by Crippen LogP contribution is -2.53. The number of nitrogens with one attached hydrogen (secondary N) is 1. The fraction of sp³-hybridized carbons (Fsp3) is 0.320. The molecule has 4 rings (SSSR count). The summed E-state index contributed by atoms with van der Waals surface area (Å²) in [4.78, 5) is 15.1. The highest BCUT2D eigenvalue weighted by Gasteiger charge is 2.32. The molecule has 0 bridgehead atoms. The summed E-state index contributed by atoms with van der Waals surface area (Å²) in [7, 11) is -0.719. The molecule has 0 radical (unpaired) electrons. The highest BCUT2D eigenvalue weighted by Crippen LogP contribution is 2.31. The van der Waals surface area contributed by atoms with Crippen LogP contribution in [0.3, 0.4) is 0 Å². The summed E-state index contributed by atoms with van der Waals surface area (Å²) in [5.41, 5.74) is 0.768. The van der Waals surface area contributed by atoms with Crippen molar-refractivity contribution in [2.24, 2.45) is 0 Å². The van der Waals surface area contributed by atoms with Crippen LogP contribution in [0.2, 0.25) is 0 Å². The first kappa shape index (κ1) is 24.0. The van der Waals surface area contributed by atoms with Gasteiger partial charge in [-0.05, 0) is 30.5 Å². The van der Waals surface area contributed by atoms with Crippen LogP contribution in [0.25, 0.3) is 10.8 Å². The highest BCUT2D eigenvalue weighted by atomic mass is 32.2. The van der Waals surface area contributed by atoms with Crippen LogP contribution < -0.4 is 14.8 Å². The lowest BCUT2D eigenvalue weighted by Gasteiger charge is -2.36. The third-order valence-corrected chi connectivity index (χ3v) is 8.14. The van der Waals surface area contributed by atoms with Gasteiger partial charge < -0.3 is 14.8 Å². The summed E-state index contributed by atoms with van der Waals surface area (Å²) in [6.07, 6.45) is 0. The van der Waals surface area contributed by atoms with Gasteiger partial charge >= 0.3 is 0 Å². The molecule has 1 N–H and O–H groups in total. The molecule has 0 aliphatic carbocycles. The van der Waals surface area contributed by atoms with Crippen molar-refractivity contribution in [2.45, 2.75) is 17.9 Å². The number of carbonyl (C=O) groups excluding carboxylic acids is 1. The molecule has 1 amide bonds. The fourth-order valence-electron chi connectivity index (χ4n) is 4.19. The lowest BCUT2D eigenvalue weighted by atomic mass is 10.1. The van der Waals surface area contributed by atoms with Gasteiger partial charge in [0.15, 0.2) is 11.5 Å². The second kappa shape index (κ2) is 10.0. The van der Waals surface area contributed by atoms with Gasteiger partial charge in [0.1, 0.15) is 0 Å². The summed E-state index contributed by atoms with van der Waals surface area (Å²) < 4.78 is 38.2. The molecule has 180 valence electrons. The molecule has 0 aromatic heterocycles. The number of carbonyl (C=O) groups is 1. The smallest absolute Gasteiger partial charge is 0.243 e. The van der Waals surface area contributed by atoms with Gasteiger partial charge in [-0.25, -0.2) is 8.42 Å². The SMILES string of the molecule is COc1ccc(S(=O)(=O)N2CCN([C@@H](C)C(=O)Nc3cccc4ccccc34)CC2)cc1OC. The van der Waals surface area contributed by atoms with Gasteiger partial charge in [0.05, 0.1) is 25.2 Å². The number of piperazine rings is 1. The summed E-state index contributed by atoms with van der Waals surface area (Å²) in [5.74, 6) is 0.714. The van der Waals surface area contributed by atoms with Crippen molar-refractivity contribution in [3.8, 4) is 11.5 Å². The van der Waals surface area contributed by atoms with Crippen LogP contribution in [0.1, 0.15) is 6.92 Å². The van der Waals surface area contributed by atoms with Gasteiger partial charge in [-0.1, -0.05) is 36.4 Å². The molecular weight excluding hydrogens is 454 g/mol. The molecule has 1 fully saturated rings. The largest absolute Gasteiger partial charge is 0.493 e. The van der Waals surface area contributed by atoms with Crippen LogP contribution in [0.15, 0.2) is 65.6 Å². The van der Waals surface area contributed by atoms with Crippen molar-refractivity contribution < 1.29 is 22.7 Å². The van der Waals surface area contributed by atoms with Crippen LogP contribution in [0.4, 0.5) is 5.69 Å². The van der Waals surface area contributed by atoms with E-state index in [0.717, 1.165) is 16.5 Å². The van der Waals surface area contributed by atoms with Crippen molar-refractivity contribution >= 4 is 32.4 Å². The van der Waals surface area contributed by atoms with Crippen LogP contribution in [0, 0.1) is 0 Å². The Kier molecular flexibility index (Phi) is 7.06. The molecule has 9 heteroatoms. The molecular formula is C25H29N3O5S. The first-order valence-electron chi connectivity index (χ1n) is 11.1. The Morgan fingerprint density at radius 1 is 0.912 bits per heavy atom. The van der Waals surface area contributed by atoms with Gasteiger partial charge in [-0.3, -0.25) is 9.69 Å². The van der Waals surface area contributed by atoms with Crippen molar-refractivity contribution in [1.29, 1.82) is 0 Å². The maximum absolute atomic E-state index is 13.2. The summed E-state index contributed by atoms with van der Waals surface area (Å²) in [6, 6.07) is 17.9. The predicted molar refractivity (Wildman–Crippen MR) is 132 cm³/mol. The number of hydrogen-bond donors (Lipinski definition) is 1. The van der Waals surface area contributed by atoms with E-state index in [-0.39, 0.29) is 10.8 Å². The molecule has 1 saturated heterocycles. The third kappa shape index (κ3) is 4.72. The Morgan fingerprint density at radius 3 is 2.29 bits per heavy atom. The minimum Gasteiger partial charge on any atom is -0.493 e. The Labute approximate surface area is 200 Å². The molecule has 1 aliphatic heterocycles. The fourth-order valence-corrected chi connectivity index (χ4v) is 5.63. The Morgan fingerprint density at radius 2 is 1.59 bits per heavy atom. The number of methoxy groups -OCH3 is 2. The molecule has 1 aliphatic rings. The molecule has 1 heterocycles. The van der Waals surface area contributed by atoms with Crippen LogP contribution in [0.5, 0.6) is 11.5 Å². The standard InChI is InChI=1S/C25H29N3O5S/c1-18(25(29)26-22-10-6-8-19-7-4-5-9-21(19)22)27-13-15-28(16-14-27)34(30,31)20-11-12-23(32-2)24(17-20)33-3/h4-12,17-18H,13-16H2,1-3H3,(H,26,29)/t18-/m0/s1. The number of anilines is 1. The Bertz CT molecular complexity index is 1280. The van der Waals surface area contributed by atoms with E-state index >= 15 is 0 Å². The normalized spacial score (nSPS) is 16.2. The van der Waals surface area contributed by atoms with E-state index in [0.29, 0.717) is 37.7 Å². The molecule has 0 saturated carbocycles. The van der Waals surface area contributed by atoms with Crippen molar-refractivity contribution in [3.05, 3.63) is 60.7 Å². The second-order valence-corrected chi connectivity index (χ2v) is 10.1. The van der Waals surface area contributed by atoms with Gasteiger partial charge in [-0.15, -0.1) is 0 Å². The molecule has 3 aromatic carbocycles. The Hall–Kier alpha value is -3.14. The summed E-state index contributed by atoms with van der Waals surface area (Å²) >= 11 is 0. The molecule has 1 atom stereocenters. The zero-order valence-corrected chi connectivity index (χ0v) is 20.3. The average Bonchev–Trinajstić information content (AvgIpc) is 2.88. The van der Waals surface area contributed by atoms with E-state index in [1.165, 1.54) is 30.7 Å². The van der Waals surface area contributed by atoms with Gasteiger partial charge in [0, 0.05) is 43.3 Å². The monoisotopic (exact) mass is 483 g/mol. The van der Waals surface area contributed by atoms with E-state index in [1.807, 2.05) is 54.3 Å². The zero-order chi connectivity index (χ0) is 24.3. The highest BCUT2D eigenvalue weighted by molar-refractivity contribution is 7.89. The van der Waals surface area contributed by atoms with E-state index < -0.39 is 16.1 Å². The minimum atomic E-state index is -3.69. The van der Waals surface area contributed by atoms with E-state index in [1.54, 1.807) is 6.07 Å². The molecule has 0 unspecified atom stereocenters. The van der Waals surface area contributed by atoms with Gasteiger partial charge in [0.25, 0.3) is 0 Å². The van der Waals surface area contributed by atoms with Crippen molar-refractivity contribution in [1.82, 2.24) is 9.21 Å². The van der Waals surface area contributed by atoms with Gasteiger partial charge in [-0.2, -0.15) is 4.31 Å². The topological polar surface area (TPSA) is 88.2 Å². The first-order valence-corrected chi connectivity index (χ1v) is 12.5. The summed E-state index contributed by atoms with van der Waals surface area (Å²) in [5, 5.41) is 5.07. The second-order valence-electron chi connectivity index (χ2n) is 8.15. The third-order valence-electron chi connectivity index (χ3n) is 6.24. The number of fused-ring (bicyclic) bond motifs is 1. The number of nitrogens with zero attached hydrogens (tertiary/aromatic N) is 2. The van der Waals surface area contributed by atoms with Crippen LogP contribution in [-0.4, -0.2) is 70.0 Å².